The molecule has 224 valence electrons. The maximum Gasteiger partial charge on any atom is 0.269 e. The van der Waals surface area contributed by atoms with Gasteiger partial charge in [0.15, 0.2) is 11.5 Å². The molecule has 6 aromatic rings. The van der Waals surface area contributed by atoms with Crippen molar-refractivity contribution in [3.05, 3.63) is 78.2 Å². The number of rotatable bonds is 8. The summed E-state index contributed by atoms with van der Waals surface area (Å²) < 4.78 is 58.3. The molecule has 0 N–H and O–H groups in total. The van der Waals surface area contributed by atoms with Crippen LogP contribution in [0.4, 0.5) is 0 Å². The van der Waals surface area contributed by atoms with Crippen LogP contribution in [-0.2, 0) is 25.6 Å². The molecule has 7 rings (SSSR count). The number of sulfonamides is 1. The second kappa shape index (κ2) is 10.1. The molecule has 0 radical (unpaired) electrons. The molecule has 15 heteroatoms. The number of thiophene rings is 1. The summed E-state index contributed by atoms with van der Waals surface area (Å²) in [7, 11) is -7.33. The monoisotopic (exact) mass is 646 g/mol. The first-order chi connectivity index (χ1) is 21.1. The van der Waals surface area contributed by atoms with Gasteiger partial charge in [0.25, 0.3) is 10.0 Å². The van der Waals surface area contributed by atoms with Gasteiger partial charge in [0, 0.05) is 35.7 Å². The van der Waals surface area contributed by atoms with E-state index in [0.717, 1.165) is 9.75 Å². The molecule has 12 nitrogen and oxygen atoms in total. The van der Waals surface area contributed by atoms with Gasteiger partial charge in [-0.05, 0) is 44.2 Å². The smallest absolute Gasteiger partial charge is 0.269 e. The van der Waals surface area contributed by atoms with Gasteiger partial charge in [-0.2, -0.15) is 14.7 Å². The highest BCUT2D eigenvalue weighted by Gasteiger charge is 2.49. The molecule has 0 saturated carbocycles. The number of hydrogen-bond donors (Lipinski definition) is 0. The minimum absolute atomic E-state index is 0.0196. The van der Waals surface area contributed by atoms with Gasteiger partial charge in [0.2, 0.25) is 10.0 Å². The zero-order valence-electron chi connectivity index (χ0n) is 23.7. The third-order valence-corrected chi connectivity index (χ3v) is 12.4. The maximum absolute atomic E-state index is 13.6. The van der Waals surface area contributed by atoms with E-state index in [1.54, 1.807) is 77.9 Å². The molecule has 1 aliphatic heterocycles. The van der Waals surface area contributed by atoms with Gasteiger partial charge in [0.1, 0.15) is 11.1 Å². The van der Waals surface area contributed by atoms with E-state index in [-0.39, 0.29) is 35.8 Å². The summed E-state index contributed by atoms with van der Waals surface area (Å²) in [4.78, 5) is 11.6. The van der Waals surface area contributed by atoms with Crippen molar-refractivity contribution in [3.8, 4) is 22.5 Å². The quantitative estimate of drug-likeness (QED) is 0.240. The summed E-state index contributed by atoms with van der Waals surface area (Å²) >= 11 is 1.57. The topological polar surface area (TPSA) is 149 Å². The highest BCUT2D eigenvalue weighted by atomic mass is 32.2. The molecule has 44 heavy (non-hydrogen) atoms. The second-order valence-electron chi connectivity index (χ2n) is 10.7. The van der Waals surface area contributed by atoms with E-state index in [2.05, 4.69) is 16.2 Å². The largest absolute Gasteiger partial charge is 0.288 e. The highest BCUT2D eigenvalue weighted by molar-refractivity contribution is 7.90. The Balaban J connectivity index is 1.42. The Bertz CT molecular complexity index is 2320. The summed E-state index contributed by atoms with van der Waals surface area (Å²) in [5, 5.41) is 14.8. The third kappa shape index (κ3) is 4.28. The first-order valence-corrected chi connectivity index (χ1v) is 17.6. The second-order valence-corrected chi connectivity index (χ2v) is 16.1. The first-order valence-electron chi connectivity index (χ1n) is 13.7. The van der Waals surface area contributed by atoms with Crippen LogP contribution in [0, 0.1) is 18.3 Å². The molecule has 0 bridgehead atoms. The minimum Gasteiger partial charge on any atom is -0.288 e. The van der Waals surface area contributed by atoms with Crippen molar-refractivity contribution in [2.45, 2.75) is 30.7 Å². The van der Waals surface area contributed by atoms with Crippen LogP contribution in [0.15, 0.2) is 78.2 Å². The molecule has 5 aromatic heterocycles. The zero-order chi connectivity index (χ0) is 30.9. The standard InChI is InChI=1S/C29H26N8O4S3/c1-3-43(38,39)34-18-29(19-34,12-13-30)36-17-21(15-32-36)37-26-23-11-14-35(44(40,41)22-7-5-4-6-8-22)27(23)31-16-24(26)33-28(37)25-10-9-20(2)42-25/h4-11,14-17H,3,12,18-19H2,1-2H3. The number of aromatic nitrogens is 6. The number of fused-ring (bicyclic) bond motifs is 3. The van der Waals surface area contributed by atoms with E-state index in [1.807, 2.05) is 23.6 Å². The van der Waals surface area contributed by atoms with Gasteiger partial charge < -0.3 is 0 Å². The van der Waals surface area contributed by atoms with E-state index in [1.165, 1.54) is 14.5 Å². The summed E-state index contributed by atoms with van der Waals surface area (Å²) in [6.07, 6.45) is 6.59. The van der Waals surface area contributed by atoms with Gasteiger partial charge in [-0.1, -0.05) is 18.2 Å². The molecule has 0 aliphatic carbocycles. The summed E-state index contributed by atoms with van der Waals surface area (Å²) in [6, 6.07) is 16.1. The predicted octanol–water partition coefficient (Wildman–Crippen LogP) is 4.12. The van der Waals surface area contributed by atoms with Crippen LogP contribution in [0.25, 0.3) is 38.5 Å². The van der Waals surface area contributed by atoms with Crippen LogP contribution in [0.1, 0.15) is 18.2 Å². The third-order valence-electron chi connectivity index (χ3n) is 7.98. The Morgan fingerprint density at radius 2 is 1.82 bits per heavy atom. The van der Waals surface area contributed by atoms with Gasteiger partial charge >= 0.3 is 0 Å². The van der Waals surface area contributed by atoms with Crippen molar-refractivity contribution in [3.63, 3.8) is 0 Å². The molecule has 0 amide bonds. The fourth-order valence-corrected chi connectivity index (χ4v) is 9.07. The van der Waals surface area contributed by atoms with Crippen LogP contribution >= 0.6 is 11.3 Å². The van der Waals surface area contributed by atoms with Crippen molar-refractivity contribution in [1.29, 1.82) is 5.26 Å². The average Bonchev–Trinajstić information content (AvgIpc) is 3.79. The number of benzene rings is 1. The number of nitriles is 1. The number of imidazole rings is 1. The first kappa shape index (κ1) is 28.4. The number of nitrogens with zero attached hydrogens (tertiary/aromatic N) is 8. The van der Waals surface area contributed by atoms with Crippen molar-refractivity contribution >= 4 is 53.5 Å². The van der Waals surface area contributed by atoms with E-state index in [9.17, 15) is 22.1 Å². The normalized spacial score (nSPS) is 15.5. The van der Waals surface area contributed by atoms with Gasteiger partial charge in [0.05, 0.1) is 51.6 Å². The summed E-state index contributed by atoms with van der Waals surface area (Å²) in [5.41, 5.74) is 1.29. The van der Waals surface area contributed by atoms with Crippen LogP contribution in [0.5, 0.6) is 0 Å². The SMILES string of the molecule is CCS(=O)(=O)N1CC(CC#N)(n2cc(-n3c(-c4ccc(C)s4)nc4cnc5c(ccn5S(=O)(=O)c5ccccc5)c43)cn2)C1. The Labute approximate surface area is 257 Å². The number of aryl methyl sites for hydroxylation is 1. The lowest BCUT2D eigenvalue weighted by Crippen LogP contribution is -2.64. The van der Waals surface area contributed by atoms with E-state index < -0.39 is 25.6 Å². The maximum atomic E-state index is 13.6. The Kier molecular flexibility index (Phi) is 6.52. The molecule has 1 aromatic carbocycles. The van der Waals surface area contributed by atoms with E-state index in [0.29, 0.717) is 27.9 Å². The molecule has 6 heterocycles. The molecule has 1 saturated heterocycles. The van der Waals surface area contributed by atoms with Crippen LogP contribution < -0.4 is 0 Å². The van der Waals surface area contributed by atoms with Gasteiger partial charge in [-0.25, -0.2) is 30.8 Å². The summed E-state index contributed by atoms with van der Waals surface area (Å²) in [6.45, 7) is 3.89. The molecule has 0 unspecified atom stereocenters. The Morgan fingerprint density at radius 3 is 2.50 bits per heavy atom. The van der Waals surface area contributed by atoms with Crippen molar-refractivity contribution in [1.82, 2.24) is 32.6 Å². The lowest BCUT2D eigenvalue weighted by atomic mass is 9.89. The van der Waals surface area contributed by atoms with Gasteiger partial charge in [-0.3, -0.25) is 9.25 Å². The van der Waals surface area contributed by atoms with Crippen molar-refractivity contribution in [2.24, 2.45) is 0 Å². The Hall–Kier alpha value is -4.36. The van der Waals surface area contributed by atoms with Crippen LogP contribution in [-0.4, -0.2) is 68.3 Å². The van der Waals surface area contributed by atoms with Crippen LogP contribution in [0.3, 0.4) is 0 Å². The molecule has 1 aliphatic rings. The number of pyridine rings is 1. The molecule has 0 atom stereocenters. The van der Waals surface area contributed by atoms with E-state index in [4.69, 9.17) is 4.98 Å². The molecular weight excluding hydrogens is 621 g/mol. The van der Waals surface area contributed by atoms with Crippen molar-refractivity contribution in [2.75, 3.05) is 18.8 Å². The van der Waals surface area contributed by atoms with E-state index >= 15 is 0 Å². The molecule has 1 fully saturated rings. The Morgan fingerprint density at radius 1 is 1.05 bits per heavy atom. The zero-order valence-corrected chi connectivity index (χ0v) is 26.1. The summed E-state index contributed by atoms with van der Waals surface area (Å²) in [5.74, 6) is 0.609. The predicted molar refractivity (Wildman–Crippen MR) is 166 cm³/mol. The fraction of sp³-hybridized carbons (Fsp3) is 0.241. The molecule has 0 spiro atoms. The minimum atomic E-state index is -3.92. The fourth-order valence-electron chi connectivity index (χ4n) is 5.66. The number of hydrogen-bond acceptors (Lipinski definition) is 9. The lowest BCUT2D eigenvalue weighted by molar-refractivity contribution is 0.0718. The van der Waals surface area contributed by atoms with Crippen molar-refractivity contribution < 1.29 is 16.8 Å². The highest BCUT2D eigenvalue weighted by Crippen LogP contribution is 2.38. The lowest BCUT2D eigenvalue weighted by Gasteiger charge is -2.47. The average molecular weight is 647 g/mol. The molecular formula is C29H26N8O4S3. The van der Waals surface area contributed by atoms with Gasteiger partial charge in [-0.15, -0.1) is 11.3 Å². The van der Waals surface area contributed by atoms with Crippen LogP contribution in [0.2, 0.25) is 0 Å².